The summed E-state index contributed by atoms with van der Waals surface area (Å²) in [6, 6.07) is 4.97. The quantitative estimate of drug-likeness (QED) is 0.812. The molecular formula is C10H6FNO4. The number of aromatic hydroxyl groups is 1. The van der Waals surface area contributed by atoms with Crippen LogP contribution in [0.5, 0.6) is 5.75 Å². The maximum atomic E-state index is 13.0. The van der Waals surface area contributed by atoms with Gasteiger partial charge in [0.25, 0.3) is 0 Å². The van der Waals surface area contributed by atoms with Crippen molar-refractivity contribution in [1.29, 1.82) is 0 Å². The van der Waals surface area contributed by atoms with E-state index >= 15 is 0 Å². The van der Waals surface area contributed by atoms with Crippen molar-refractivity contribution in [3.8, 4) is 17.0 Å². The van der Waals surface area contributed by atoms with Crippen LogP contribution in [0.15, 0.2) is 28.8 Å². The Morgan fingerprint density at radius 2 is 2.19 bits per heavy atom. The van der Waals surface area contributed by atoms with E-state index in [9.17, 15) is 14.3 Å². The Hall–Kier alpha value is -2.37. The fourth-order valence-corrected chi connectivity index (χ4v) is 1.22. The molecule has 0 aliphatic carbocycles. The van der Waals surface area contributed by atoms with E-state index < -0.39 is 17.5 Å². The number of para-hydroxylation sites is 1. The third kappa shape index (κ3) is 1.60. The Morgan fingerprint density at radius 3 is 2.81 bits per heavy atom. The van der Waals surface area contributed by atoms with Crippen molar-refractivity contribution in [2.45, 2.75) is 0 Å². The molecule has 0 saturated carbocycles. The lowest BCUT2D eigenvalue weighted by atomic mass is 10.1. The number of carbonyl (C=O) groups is 1. The van der Waals surface area contributed by atoms with Crippen LogP contribution >= 0.6 is 0 Å². The molecule has 6 heteroatoms. The van der Waals surface area contributed by atoms with Crippen molar-refractivity contribution in [3.05, 3.63) is 35.8 Å². The van der Waals surface area contributed by atoms with E-state index in [0.29, 0.717) is 0 Å². The SMILES string of the molecule is O=C(O)c1cc(-c2cccc(F)c2O)no1. The summed E-state index contributed by atoms with van der Waals surface area (Å²) in [4.78, 5) is 10.5. The molecule has 16 heavy (non-hydrogen) atoms. The summed E-state index contributed by atoms with van der Waals surface area (Å²) in [5.74, 6) is -3.06. The number of benzene rings is 1. The van der Waals surface area contributed by atoms with Crippen LogP contribution in [-0.2, 0) is 0 Å². The average molecular weight is 223 g/mol. The Bertz CT molecular complexity index is 550. The summed E-state index contributed by atoms with van der Waals surface area (Å²) >= 11 is 0. The molecular weight excluding hydrogens is 217 g/mol. The predicted octanol–water partition coefficient (Wildman–Crippen LogP) is 1.88. The van der Waals surface area contributed by atoms with Crippen molar-refractivity contribution < 1.29 is 23.9 Å². The first-order valence-corrected chi connectivity index (χ1v) is 4.27. The Kier molecular flexibility index (Phi) is 2.32. The molecule has 5 nitrogen and oxygen atoms in total. The number of aromatic carboxylic acids is 1. The normalized spacial score (nSPS) is 10.3. The smallest absolute Gasteiger partial charge is 0.374 e. The molecule has 0 saturated heterocycles. The molecule has 0 aliphatic rings. The first-order chi connectivity index (χ1) is 7.59. The van der Waals surface area contributed by atoms with Gasteiger partial charge in [-0.1, -0.05) is 11.2 Å². The van der Waals surface area contributed by atoms with Crippen LogP contribution in [0.4, 0.5) is 4.39 Å². The minimum Gasteiger partial charge on any atom is -0.504 e. The number of hydrogen-bond acceptors (Lipinski definition) is 4. The van der Waals surface area contributed by atoms with Gasteiger partial charge in [-0.15, -0.1) is 0 Å². The molecule has 2 aromatic rings. The van der Waals surface area contributed by atoms with Crippen LogP contribution in [-0.4, -0.2) is 21.3 Å². The Labute approximate surface area is 88.7 Å². The summed E-state index contributed by atoms with van der Waals surface area (Å²) in [6.45, 7) is 0. The van der Waals surface area contributed by atoms with Gasteiger partial charge < -0.3 is 14.7 Å². The van der Waals surface area contributed by atoms with E-state index in [4.69, 9.17) is 5.11 Å². The number of phenolic OH excluding ortho intramolecular Hbond substituents is 1. The molecule has 0 fully saturated rings. The number of hydrogen-bond donors (Lipinski definition) is 2. The molecule has 0 unspecified atom stereocenters. The van der Waals surface area contributed by atoms with Crippen molar-refractivity contribution in [2.75, 3.05) is 0 Å². The van der Waals surface area contributed by atoms with Gasteiger partial charge in [0, 0.05) is 11.6 Å². The number of nitrogens with zero attached hydrogens (tertiary/aromatic N) is 1. The van der Waals surface area contributed by atoms with Gasteiger partial charge >= 0.3 is 5.97 Å². The highest BCUT2D eigenvalue weighted by molar-refractivity contribution is 5.86. The second-order valence-electron chi connectivity index (χ2n) is 3.02. The largest absolute Gasteiger partial charge is 0.504 e. The van der Waals surface area contributed by atoms with Gasteiger partial charge in [-0.2, -0.15) is 0 Å². The Morgan fingerprint density at radius 1 is 1.44 bits per heavy atom. The molecule has 1 aromatic carbocycles. The maximum Gasteiger partial charge on any atom is 0.374 e. The summed E-state index contributed by atoms with van der Waals surface area (Å²) in [6.07, 6.45) is 0. The molecule has 1 aromatic heterocycles. The molecule has 0 atom stereocenters. The minimum absolute atomic E-state index is 0.0643. The van der Waals surface area contributed by atoms with Crippen LogP contribution in [0.3, 0.4) is 0 Å². The van der Waals surface area contributed by atoms with Crippen LogP contribution in [0.1, 0.15) is 10.6 Å². The second-order valence-corrected chi connectivity index (χ2v) is 3.02. The van der Waals surface area contributed by atoms with Gasteiger partial charge in [-0.3, -0.25) is 0 Å². The fourth-order valence-electron chi connectivity index (χ4n) is 1.22. The minimum atomic E-state index is -1.28. The van der Waals surface area contributed by atoms with Crippen LogP contribution in [0.25, 0.3) is 11.3 Å². The number of carboxylic acid groups (broad SMARTS) is 1. The molecule has 0 amide bonds. The number of rotatable bonds is 2. The lowest BCUT2D eigenvalue weighted by Gasteiger charge is -1.99. The van der Waals surface area contributed by atoms with Crippen LogP contribution in [0.2, 0.25) is 0 Å². The zero-order valence-corrected chi connectivity index (χ0v) is 7.85. The highest BCUT2D eigenvalue weighted by Gasteiger charge is 2.16. The van der Waals surface area contributed by atoms with Gasteiger partial charge in [0.05, 0.1) is 0 Å². The van der Waals surface area contributed by atoms with E-state index in [1.165, 1.54) is 12.1 Å². The summed E-state index contributed by atoms with van der Waals surface area (Å²) < 4.78 is 17.5. The lowest BCUT2D eigenvalue weighted by molar-refractivity contribution is 0.0652. The topological polar surface area (TPSA) is 83.6 Å². The lowest BCUT2D eigenvalue weighted by Crippen LogP contribution is -1.91. The van der Waals surface area contributed by atoms with Gasteiger partial charge in [0.2, 0.25) is 5.76 Å². The molecule has 1 heterocycles. The van der Waals surface area contributed by atoms with E-state index in [1.54, 1.807) is 0 Å². The molecule has 82 valence electrons. The first-order valence-electron chi connectivity index (χ1n) is 4.27. The summed E-state index contributed by atoms with van der Waals surface area (Å²) in [7, 11) is 0. The van der Waals surface area contributed by atoms with Crippen molar-refractivity contribution in [3.63, 3.8) is 0 Å². The van der Waals surface area contributed by atoms with Crippen LogP contribution in [0, 0.1) is 5.82 Å². The number of phenols is 1. The van der Waals surface area contributed by atoms with Crippen molar-refractivity contribution >= 4 is 5.97 Å². The van der Waals surface area contributed by atoms with Gasteiger partial charge in [-0.25, -0.2) is 9.18 Å². The molecule has 0 spiro atoms. The van der Waals surface area contributed by atoms with E-state index in [0.717, 1.165) is 12.1 Å². The summed E-state index contributed by atoms with van der Waals surface area (Å²) in [5.41, 5.74) is 0.144. The van der Waals surface area contributed by atoms with Crippen molar-refractivity contribution in [2.24, 2.45) is 0 Å². The fraction of sp³-hybridized carbons (Fsp3) is 0. The van der Waals surface area contributed by atoms with Crippen LogP contribution < -0.4 is 0 Å². The second kappa shape index (κ2) is 3.65. The number of aromatic nitrogens is 1. The molecule has 0 bridgehead atoms. The molecule has 0 radical (unpaired) electrons. The standard InChI is InChI=1S/C10H6FNO4/c11-6-3-1-2-5(9(6)13)7-4-8(10(14)15)16-12-7/h1-4,13H,(H,14,15). The monoisotopic (exact) mass is 223 g/mol. The van der Waals surface area contributed by atoms with Crippen molar-refractivity contribution in [1.82, 2.24) is 5.16 Å². The third-order valence-corrected chi connectivity index (χ3v) is 1.98. The van der Waals surface area contributed by atoms with Gasteiger partial charge in [-0.05, 0) is 12.1 Å². The third-order valence-electron chi connectivity index (χ3n) is 1.98. The maximum absolute atomic E-state index is 13.0. The van der Waals surface area contributed by atoms with Gasteiger partial charge in [0.15, 0.2) is 11.6 Å². The number of carboxylic acids is 1. The highest BCUT2D eigenvalue weighted by atomic mass is 19.1. The van der Waals surface area contributed by atoms with E-state index in [-0.39, 0.29) is 17.0 Å². The molecule has 2 N–H and O–H groups in total. The summed E-state index contributed by atoms with van der Waals surface area (Å²) in [5, 5.41) is 21.4. The first kappa shape index (κ1) is 10.2. The Balaban J connectivity index is 2.50. The zero-order chi connectivity index (χ0) is 11.7. The molecule has 2 rings (SSSR count). The zero-order valence-electron chi connectivity index (χ0n) is 7.85. The number of halogens is 1. The average Bonchev–Trinajstić information content (AvgIpc) is 2.71. The molecule has 0 aliphatic heterocycles. The van der Waals surface area contributed by atoms with E-state index in [2.05, 4.69) is 9.68 Å². The van der Waals surface area contributed by atoms with Gasteiger partial charge in [0.1, 0.15) is 5.69 Å². The highest BCUT2D eigenvalue weighted by Crippen LogP contribution is 2.30. The van der Waals surface area contributed by atoms with E-state index in [1.807, 2.05) is 0 Å². The predicted molar refractivity (Wildman–Crippen MR) is 50.5 cm³/mol.